The highest BCUT2D eigenvalue weighted by molar-refractivity contribution is 6.46. The zero-order chi connectivity index (χ0) is 23.1. The highest BCUT2D eigenvalue weighted by Gasteiger charge is 2.47. The molecule has 3 aliphatic heterocycles. The Labute approximate surface area is 193 Å². The van der Waals surface area contributed by atoms with Gasteiger partial charge in [-0.05, 0) is 61.1 Å². The van der Waals surface area contributed by atoms with Crippen LogP contribution in [0.2, 0.25) is 0 Å². The molecule has 1 N–H and O–H groups in total. The summed E-state index contributed by atoms with van der Waals surface area (Å²) in [5, 5.41) is 11.3. The summed E-state index contributed by atoms with van der Waals surface area (Å²) in [5.41, 5.74) is 3.63. The van der Waals surface area contributed by atoms with E-state index in [4.69, 9.17) is 9.47 Å². The summed E-state index contributed by atoms with van der Waals surface area (Å²) >= 11 is 0. The summed E-state index contributed by atoms with van der Waals surface area (Å²) in [4.78, 5) is 27.9. The fourth-order valence-corrected chi connectivity index (χ4v) is 5.08. The van der Waals surface area contributed by atoms with Crippen molar-refractivity contribution >= 4 is 17.4 Å². The van der Waals surface area contributed by atoms with Crippen molar-refractivity contribution in [2.24, 2.45) is 0 Å². The lowest BCUT2D eigenvalue weighted by atomic mass is 9.93. The molecule has 3 heterocycles. The quantitative estimate of drug-likeness (QED) is 0.423. The Kier molecular flexibility index (Phi) is 5.71. The van der Waals surface area contributed by atoms with Crippen LogP contribution in [0.4, 0.5) is 0 Å². The van der Waals surface area contributed by atoms with Crippen molar-refractivity contribution in [3.05, 3.63) is 70.3 Å². The van der Waals surface area contributed by atoms with Gasteiger partial charge in [0, 0.05) is 25.1 Å². The Balaban J connectivity index is 1.59. The number of benzene rings is 2. The Morgan fingerprint density at radius 2 is 1.94 bits per heavy atom. The second kappa shape index (κ2) is 8.67. The molecule has 2 saturated heterocycles. The van der Waals surface area contributed by atoms with Crippen molar-refractivity contribution in [1.82, 2.24) is 4.90 Å². The van der Waals surface area contributed by atoms with Crippen LogP contribution in [0, 0.1) is 0 Å². The Bertz CT molecular complexity index is 1110. The molecule has 2 aromatic rings. The van der Waals surface area contributed by atoms with Crippen molar-refractivity contribution in [1.29, 1.82) is 0 Å². The molecule has 172 valence electrons. The van der Waals surface area contributed by atoms with Gasteiger partial charge < -0.3 is 19.5 Å². The number of likely N-dealkylation sites (tertiary alicyclic amines) is 1. The maximum atomic E-state index is 13.2. The summed E-state index contributed by atoms with van der Waals surface area (Å²) in [6.07, 6.45) is 3.41. The molecular weight excluding hydrogens is 418 g/mol. The number of carbonyl (C=O) groups excluding carboxylic acids is 2. The summed E-state index contributed by atoms with van der Waals surface area (Å²) in [7, 11) is 0. The normalized spacial score (nSPS) is 26.0. The van der Waals surface area contributed by atoms with Gasteiger partial charge in [-0.25, -0.2) is 0 Å². The third kappa shape index (κ3) is 3.93. The monoisotopic (exact) mass is 447 g/mol. The third-order valence-corrected chi connectivity index (χ3v) is 6.84. The van der Waals surface area contributed by atoms with E-state index >= 15 is 0 Å². The maximum absolute atomic E-state index is 13.2. The molecular formula is C27H29NO5. The number of ether oxygens (including phenoxy) is 2. The molecule has 5 rings (SSSR count). The van der Waals surface area contributed by atoms with Crippen LogP contribution in [0.15, 0.2) is 48.0 Å². The second-order valence-corrected chi connectivity index (χ2v) is 9.14. The number of nitrogens with zero attached hydrogens (tertiary/aromatic N) is 1. The van der Waals surface area contributed by atoms with Gasteiger partial charge in [-0.15, -0.1) is 0 Å². The zero-order valence-electron chi connectivity index (χ0n) is 19.0. The first-order valence-corrected chi connectivity index (χ1v) is 11.7. The number of fused-ring (bicyclic) bond motifs is 1. The van der Waals surface area contributed by atoms with Crippen molar-refractivity contribution in [3.63, 3.8) is 0 Å². The molecule has 2 aromatic carbocycles. The number of hydrogen-bond donors (Lipinski definition) is 1. The van der Waals surface area contributed by atoms with Crippen molar-refractivity contribution < 1.29 is 24.2 Å². The van der Waals surface area contributed by atoms with E-state index in [1.165, 1.54) is 5.56 Å². The minimum atomic E-state index is -0.653. The predicted molar refractivity (Wildman–Crippen MR) is 124 cm³/mol. The number of aliphatic hydroxyl groups is 1. The fourth-order valence-electron chi connectivity index (χ4n) is 5.08. The molecule has 0 radical (unpaired) electrons. The Morgan fingerprint density at radius 3 is 2.64 bits per heavy atom. The molecule has 0 aromatic heterocycles. The SMILES string of the molecule is CCc1ccc(C2/C(=C(\O)c3ccc4c(c3)CC(C)O4)C(=O)C(=O)N2CC2CCCO2)cc1. The maximum Gasteiger partial charge on any atom is 0.295 e. The molecule has 1 amide bonds. The predicted octanol–water partition coefficient (Wildman–Crippen LogP) is 4.17. The fraction of sp³-hybridized carbons (Fsp3) is 0.407. The van der Waals surface area contributed by atoms with Crippen LogP contribution >= 0.6 is 0 Å². The van der Waals surface area contributed by atoms with E-state index in [0.717, 1.165) is 42.6 Å². The molecule has 0 bridgehead atoms. The lowest BCUT2D eigenvalue weighted by Crippen LogP contribution is -2.36. The van der Waals surface area contributed by atoms with Crippen LogP contribution in [0.25, 0.3) is 5.76 Å². The molecule has 0 saturated carbocycles. The van der Waals surface area contributed by atoms with Crippen LogP contribution in [-0.4, -0.2) is 47.1 Å². The molecule has 0 aliphatic carbocycles. The standard InChI is InChI=1S/C27H29NO5/c1-3-17-6-8-18(9-7-17)24-23(26(30)27(31)28(24)15-21-5-4-12-32-21)25(29)19-10-11-22-20(14-19)13-16(2)33-22/h6-11,14,16,21,24,29H,3-5,12-13,15H2,1-2H3/b25-23+. The average molecular weight is 448 g/mol. The lowest BCUT2D eigenvalue weighted by molar-refractivity contribution is -0.140. The lowest BCUT2D eigenvalue weighted by Gasteiger charge is -2.27. The highest BCUT2D eigenvalue weighted by atomic mass is 16.5. The second-order valence-electron chi connectivity index (χ2n) is 9.14. The summed E-state index contributed by atoms with van der Waals surface area (Å²) in [5.74, 6) is -0.588. The van der Waals surface area contributed by atoms with Crippen LogP contribution < -0.4 is 4.74 Å². The van der Waals surface area contributed by atoms with Gasteiger partial charge in [0.15, 0.2) is 0 Å². The number of ketones is 1. The van der Waals surface area contributed by atoms with Gasteiger partial charge in [0.2, 0.25) is 0 Å². The number of carbonyl (C=O) groups is 2. The molecule has 3 unspecified atom stereocenters. The van der Waals surface area contributed by atoms with E-state index in [1.807, 2.05) is 43.3 Å². The topological polar surface area (TPSA) is 76.1 Å². The van der Waals surface area contributed by atoms with E-state index < -0.39 is 17.7 Å². The first kappa shape index (κ1) is 21.7. The zero-order valence-corrected chi connectivity index (χ0v) is 19.0. The van der Waals surface area contributed by atoms with E-state index in [2.05, 4.69) is 6.92 Å². The Morgan fingerprint density at radius 1 is 1.15 bits per heavy atom. The van der Waals surface area contributed by atoms with Gasteiger partial charge in [0.1, 0.15) is 17.6 Å². The van der Waals surface area contributed by atoms with Gasteiger partial charge in [-0.1, -0.05) is 31.2 Å². The van der Waals surface area contributed by atoms with Crippen molar-refractivity contribution in [2.45, 2.75) is 57.8 Å². The van der Waals surface area contributed by atoms with E-state index in [-0.39, 0.29) is 23.5 Å². The molecule has 33 heavy (non-hydrogen) atoms. The van der Waals surface area contributed by atoms with E-state index in [1.54, 1.807) is 11.0 Å². The number of hydrogen-bond acceptors (Lipinski definition) is 5. The average Bonchev–Trinajstić information content (AvgIpc) is 3.53. The minimum absolute atomic E-state index is 0.0754. The van der Waals surface area contributed by atoms with Gasteiger partial charge in [0.25, 0.3) is 11.7 Å². The third-order valence-electron chi connectivity index (χ3n) is 6.84. The summed E-state index contributed by atoms with van der Waals surface area (Å²) < 4.78 is 11.5. The van der Waals surface area contributed by atoms with Crippen LogP contribution in [0.5, 0.6) is 5.75 Å². The summed E-state index contributed by atoms with van der Waals surface area (Å²) in [6, 6.07) is 12.7. The molecule has 3 atom stereocenters. The molecule has 3 aliphatic rings. The number of Topliss-reactive ketones (excluding diaryl/α,β-unsaturated/α-hetero) is 1. The highest BCUT2D eigenvalue weighted by Crippen LogP contribution is 2.41. The van der Waals surface area contributed by atoms with Crippen LogP contribution in [0.3, 0.4) is 0 Å². The number of rotatable bonds is 5. The van der Waals surface area contributed by atoms with Crippen molar-refractivity contribution in [2.75, 3.05) is 13.2 Å². The molecule has 6 heteroatoms. The van der Waals surface area contributed by atoms with E-state index in [0.29, 0.717) is 18.7 Å². The van der Waals surface area contributed by atoms with Crippen LogP contribution in [0.1, 0.15) is 55.0 Å². The minimum Gasteiger partial charge on any atom is -0.507 e. The number of aryl methyl sites for hydroxylation is 1. The van der Waals surface area contributed by atoms with Gasteiger partial charge in [0.05, 0.1) is 17.7 Å². The first-order chi connectivity index (χ1) is 16.0. The van der Waals surface area contributed by atoms with Crippen molar-refractivity contribution in [3.8, 4) is 5.75 Å². The summed E-state index contributed by atoms with van der Waals surface area (Å²) in [6.45, 7) is 5.07. The first-order valence-electron chi connectivity index (χ1n) is 11.7. The smallest absolute Gasteiger partial charge is 0.295 e. The number of aliphatic hydroxyl groups excluding tert-OH is 1. The van der Waals surface area contributed by atoms with Gasteiger partial charge >= 0.3 is 0 Å². The molecule has 0 spiro atoms. The molecule has 2 fully saturated rings. The van der Waals surface area contributed by atoms with E-state index in [9.17, 15) is 14.7 Å². The largest absolute Gasteiger partial charge is 0.507 e. The molecule has 6 nitrogen and oxygen atoms in total. The van der Waals surface area contributed by atoms with Crippen LogP contribution in [-0.2, 0) is 27.2 Å². The van der Waals surface area contributed by atoms with Gasteiger partial charge in [-0.3, -0.25) is 9.59 Å². The number of amides is 1. The Hall–Kier alpha value is -3.12. The van der Waals surface area contributed by atoms with Gasteiger partial charge in [-0.2, -0.15) is 0 Å².